The summed E-state index contributed by atoms with van der Waals surface area (Å²) < 4.78 is 0. The van der Waals surface area contributed by atoms with Crippen molar-refractivity contribution in [2.24, 2.45) is 11.8 Å². The molecule has 2 aliphatic carbocycles. The van der Waals surface area contributed by atoms with E-state index in [4.69, 9.17) is 0 Å². The molecule has 0 aromatic carbocycles. The van der Waals surface area contributed by atoms with Crippen molar-refractivity contribution in [3.63, 3.8) is 0 Å². The van der Waals surface area contributed by atoms with Gasteiger partial charge >= 0.3 is 0 Å². The zero-order chi connectivity index (χ0) is 24.5. The smallest absolute Gasteiger partial charge is 0.0113 e. The minimum absolute atomic E-state index is 0.730. The molecule has 2 heterocycles. The minimum atomic E-state index is 0.730. The molecule has 200 valence electrons. The molecule has 0 radical (unpaired) electrons. The van der Waals surface area contributed by atoms with E-state index in [2.05, 4.69) is 61.1 Å². The molecular weight excluding hydrogens is 416 g/mol. The Morgan fingerprint density at radius 3 is 1.00 bits per heavy atom. The summed E-state index contributed by atoms with van der Waals surface area (Å²) in [6.07, 6.45) is 14.5. The molecule has 4 rings (SSSR count). The molecule has 4 nitrogen and oxygen atoms in total. The number of hydrogen-bond donors (Lipinski definition) is 0. The lowest BCUT2D eigenvalue weighted by Crippen LogP contribution is -2.52. The summed E-state index contributed by atoms with van der Waals surface area (Å²) in [7, 11) is 0. The van der Waals surface area contributed by atoms with Gasteiger partial charge in [-0.25, -0.2) is 0 Å². The van der Waals surface area contributed by atoms with Crippen LogP contribution in [-0.2, 0) is 0 Å². The van der Waals surface area contributed by atoms with Gasteiger partial charge in [-0.1, -0.05) is 26.7 Å². The van der Waals surface area contributed by atoms with Crippen molar-refractivity contribution in [2.75, 3.05) is 52.4 Å². The monoisotopic (exact) mass is 476 g/mol. The van der Waals surface area contributed by atoms with Crippen molar-refractivity contribution < 1.29 is 0 Å². The molecule has 34 heavy (non-hydrogen) atoms. The summed E-state index contributed by atoms with van der Waals surface area (Å²) in [4.78, 5) is 10.8. The lowest BCUT2D eigenvalue weighted by atomic mass is 9.84. The van der Waals surface area contributed by atoms with E-state index in [0.29, 0.717) is 0 Å². The van der Waals surface area contributed by atoms with E-state index in [1.165, 1.54) is 117 Å². The Balaban J connectivity index is 0.000000191. The van der Waals surface area contributed by atoms with Crippen LogP contribution in [0, 0.1) is 11.8 Å². The molecule has 4 fully saturated rings. The Hall–Kier alpha value is -0.160. The van der Waals surface area contributed by atoms with Gasteiger partial charge in [-0.05, 0) is 90.9 Å². The number of nitrogens with zero attached hydrogens (tertiary/aromatic N) is 4. The fourth-order valence-electron chi connectivity index (χ4n) is 7.07. The molecule has 0 N–H and O–H groups in total. The van der Waals surface area contributed by atoms with Gasteiger partial charge in [0, 0.05) is 76.5 Å². The van der Waals surface area contributed by atoms with E-state index in [-0.39, 0.29) is 0 Å². The molecule has 0 atom stereocenters. The molecule has 2 saturated carbocycles. The van der Waals surface area contributed by atoms with E-state index in [1.54, 1.807) is 0 Å². The fraction of sp³-hybridized carbons (Fsp3) is 1.00. The maximum atomic E-state index is 2.77. The number of piperazine rings is 2. The van der Waals surface area contributed by atoms with Crippen molar-refractivity contribution in [3.8, 4) is 0 Å². The lowest BCUT2D eigenvalue weighted by molar-refractivity contribution is 0.0572. The molecule has 0 unspecified atom stereocenters. The van der Waals surface area contributed by atoms with Crippen LogP contribution in [0.15, 0.2) is 0 Å². The molecule has 4 aliphatic rings. The highest BCUT2D eigenvalue weighted by Crippen LogP contribution is 2.31. The largest absolute Gasteiger partial charge is 0.298 e. The van der Waals surface area contributed by atoms with Crippen molar-refractivity contribution in [3.05, 3.63) is 0 Å². The predicted molar refractivity (Wildman–Crippen MR) is 149 cm³/mol. The van der Waals surface area contributed by atoms with Crippen molar-refractivity contribution >= 4 is 0 Å². The van der Waals surface area contributed by atoms with Gasteiger partial charge in [0.25, 0.3) is 0 Å². The van der Waals surface area contributed by atoms with E-state index >= 15 is 0 Å². The highest BCUT2D eigenvalue weighted by atomic mass is 15.3. The first kappa shape index (κ1) is 28.4. The van der Waals surface area contributed by atoms with Crippen LogP contribution in [0.4, 0.5) is 0 Å². The zero-order valence-corrected chi connectivity index (χ0v) is 24.0. The van der Waals surface area contributed by atoms with Crippen molar-refractivity contribution in [1.82, 2.24) is 19.6 Å². The third-order valence-electron chi connectivity index (χ3n) is 9.98. The van der Waals surface area contributed by atoms with Gasteiger partial charge in [0.05, 0.1) is 0 Å². The topological polar surface area (TPSA) is 13.0 Å². The second kappa shape index (κ2) is 14.5. The molecule has 0 bridgehead atoms. The third-order valence-corrected chi connectivity index (χ3v) is 9.98. The Bertz CT molecular complexity index is 470. The molecular formula is C30H60N4. The summed E-state index contributed by atoms with van der Waals surface area (Å²) in [6.45, 7) is 24.3. The van der Waals surface area contributed by atoms with Gasteiger partial charge in [-0.2, -0.15) is 0 Å². The van der Waals surface area contributed by atoms with Gasteiger partial charge in [0.15, 0.2) is 0 Å². The zero-order valence-electron chi connectivity index (χ0n) is 24.0. The van der Waals surface area contributed by atoms with Crippen LogP contribution in [-0.4, -0.2) is 96.1 Å². The SMILES string of the molecule is CCC1CCC(N2CCN(C(C)C)CC2)CC1.CCC1CCC(N2CCN(C(C)C)CC2)CC1. The first-order valence-electron chi connectivity index (χ1n) is 15.4. The van der Waals surface area contributed by atoms with Crippen LogP contribution in [0.3, 0.4) is 0 Å². The second-order valence-corrected chi connectivity index (χ2v) is 12.5. The first-order chi connectivity index (χ1) is 16.4. The lowest BCUT2D eigenvalue weighted by Gasteiger charge is -2.43. The maximum absolute atomic E-state index is 2.77. The Labute approximate surface area is 213 Å². The maximum Gasteiger partial charge on any atom is 0.0113 e. The molecule has 2 saturated heterocycles. The van der Waals surface area contributed by atoms with E-state index in [9.17, 15) is 0 Å². The normalized spacial score (nSPS) is 33.2. The Morgan fingerprint density at radius 2 is 0.765 bits per heavy atom. The van der Waals surface area contributed by atoms with Gasteiger partial charge in [-0.15, -0.1) is 0 Å². The molecule has 0 spiro atoms. The van der Waals surface area contributed by atoms with Gasteiger partial charge in [-0.3, -0.25) is 19.6 Å². The van der Waals surface area contributed by atoms with Gasteiger partial charge in [0.2, 0.25) is 0 Å². The highest BCUT2D eigenvalue weighted by Gasteiger charge is 2.29. The minimum Gasteiger partial charge on any atom is -0.298 e. The number of hydrogen-bond acceptors (Lipinski definition) is 4. The van der Waals surface area contributed by atoms with Crippen LogP contribution in [0.25, 0.3) is 0 Å². The van der Waals surface area contributed by atoms with E-state index < -0.39 is 0 Å². The standard InChI is InChI=1S/2C15H30N2/c2*1-4-14-5-7-15(8-6-14)17-11-9-16(10-12-17)13(2)3/h2*13-15H,4-12H2,1-3H3. The van der Waals surface area contributed by atoms with Crippen molar-refractivity contribution in [2.45, 2.75) is 130 Å². The summed E-state index contributed by atoms with van der Waals surface area (Å²) in [6, 6.07) is 3.28. The molecule has 2 aliphatic heterocycles. The van der Waals surface area contributed by atoms with Crippen LogP contribution in [0.2, 0.25) is 0 Å². The molecule has 0 aromatic rings. The highest BCUT2D eigenvalue weighted by molar-refractivity contribution is 4.85. The van der Waals surface area contributed by atoms with E-state index in [0.717, 1.165) is 36.0 Å². The first-order valence-corrected chi connectivity index (χ1v) is 15.4. The predicted octanol–water partition coefficient (Wildman–Crippen LogP) is 5.96. The average Bonchev–Trinajstić information content (AvgIpc) is 2.89. The summed E-state index contributed by atoms with van der Waals surface area (Å²) >= 11 is 0. The summed E-state index contributed by atoms with van der Waals surface area (Å²) in [5.41, 5.74) is 0. The fourth-order valence-corrected chi connectivity index (χ4v) is 7.07. The van der Waals surface area contributed by atoms with E-state index in [1.807, 2.05) is 0 Å². The molecule has 0 amide bonds. The quantitative estimate of drug-likeness (QED) is 0.469. The van der Waals surface area contributed by atoms with Crippen LogP contribution < -0.4 is 0 Å². The van der Waals surface area contributed by atoms with Gasteiger partial charge < -0.3 is 0 Å². The summed E-state index contributed by atoms with van der Waals surface area (Å²) in [5.74, 6) is 2.06. The Kier molecular flexibility index (Phi) is 12.2. The summed E-state index contributed by atoms with van der Waals surface area (Å²) in [5, 5.41) is 0. The number of rotatable bonds is 6. The average molecular weight is 477 g/mol. The van der Waals surface area contributed by atoms with Crippen LogP contribution in [0.5, 0.6) is 0 Å². The molecule has 0 aromatic heterocycles. The second-order valence-electron chi connectivity index (χ2n) is 12.5. The van der Waals surface area contributed by atoms with Crippen molar-refractivity contribution in [1.29, 1.82) is 0 Å². The Morgan fingerprint density at radius 1 is 0.471 bits per heavy atom. The van der Waals surface area contributed by atoms with Gasteiger partial charge in [0.1, 0.15) is 0 Å². The third kappa shape index (κ3) is 8.46. The van der Waals surface area contributed by atoms with Crippen LogP contribution in [0.1, 0.15) is 106 Å². The molecule has 4 heteroatoms. The van der Waals surface area contributed by atoms with Crippen LogP contribution >= 0.6 is 0 Å².